The molecule has 0 N–H and O–H groups in total. The fraction of sp³-hybridized carbons (Fsp3) is 0.571. The van der Waals surface area contributed by atoms with Gasteiger partial charge in [-0.1, -0.05) is 49.8 Å². The molecule has 0 saturated carbocycles. The third-order valence-electron chi connectivity index (χ3n) is 5.32. The fourth-order valence-corrected chi connectivity index (χ4v) is 3.89. The number of hydrogen-bond acceptors (Lipinski definition) is 3. The van der Waals surface area contributed by atoms with Crippen LogP contribution >= 0.6 is 0 Å². The Balaban J connectivity index is 2.07. The monoisotopic (exact) mass is 326 g/mol. The number of aliphatic imine (C=N–C) groups is 1. The average molecular weight is 326 g/mol. The molecule has 0 aromatic heterocycles. The second kappa shape index (κ2) is 6.36. The van der Waals surface area contributed by atoms with Gasteiger partial charge < -0.3 is 4.74 Å². The number of likely N-dealkylation sites (N-methyl/N-ethyl adjacent to an activating group) is 1. The van der Waals surface area contributed by atoms with Crippen LogP contribution in [0.5, 0.6) is 0 Å². The molecular formula is C21H30N2O. The highest BCUT2D eigenvalue weighted by molar-refractivity contribution is 5.93. The van der Waals surface area contributed by atoms with Gasteiger partial charge in [0, 0.05) is 6.04 Å². The van der Waals surface area contributed by atoms with Crippen molar-refractivity contribution in [2.75, 3.05) is 20.2 Å². The lowest BCUT2D eigenvalue weighted by molar-refractivity contribution is 0.196. The standard InChI is InChI=1S/C21H30N2O/c1-6-7-14-23(5)18-13-12-16-10-8-9-11-17(16)21(18,4)19-22-20(2,3)15-24-19/h8-13,18H,6-7,14-15H2,1-5H3/t18-,21+/m0/s1. The lowest BCUT2D eigenvalue weighted by Crippen LogP contribution is -2.53. The normalized spacial score (nSPS) is 27.8. The van der Waals surface area contributed by atoms with Crippen LogP contribution in [-0.4, -0.2) is 42.6 Å². The average Bonchev–Trinajstić information content (AvgIpc) is 2.93. The van der Waals surface area contributed by atoms with Crippen LogP contribution in [-0.2, 0) is 10.2 Å². The van der Waals surface area contributed by atoms with E-state index in [0.29, 0.717) is 6.61 Å². The zero-order valence-electron chi connectivity index (χ0n) is 15.7. The number of ether oxygens (including phenoxy) is 1. The molecule has 2 atom stereocenters. The van der Waals surface area contributed by atoms with Crippen molar-refractivity contribution in [2.45, 2.75) is 57.5 Å². The molecule has 0 fully saturated rings. The second-order valence-corrected chi connectivity index (χ2v) is 7.95. The van der Waals surface area contributed by atoms with Gasteiger partial charge in [-0.3, -0.25) is 4.90 Å². The van der Waals surface area contributed by atoms with Gasteiger partial charge in [0.25, 0.3) is 0 Å². The smallest absolute Gasteiger partial charge is 0.196 e. The van der Waals surface area contributed by atoms with E-state index in [1.807, 2.05) is 0 Å². The van der Waals surface area contributed by atoms with Gasteiger partial charge in [0.2, 0.25) is 0 Å². The van der Waals surface area contributed by atoms with Crippen molar-refractivity contribution >= 4 is 12.0 Å². The van der Waals surface area contributed by atoms with Crippen molar-refractivity contribution in [3.8, 4) is 0 Å². The maximum Gasteiger partial charge on any atom is 0.196 e. The first-order valence-electron chi connectivity index (χ1n) is 9.09. The largest absolute Gasteiger partial charge is 0.478 e. The molecule has 2 aliphatic rings. The number of benzene rings is 1. The summed E-state index contributed by atoms with van der Waals surface area (Å²) in [5, 5.41) is 0. The van der Waals surface area contributed by atoms with Crippen molar-refractivity contribution in [3.05, 3.63) is 41.5 Å². The van der Waals surface area contributed by atoms with Crippen LogP contribution in [0.4, 0.5) is 0 Å². The van der Waals surface area contributed by atoms with E-state index in [1.165, 1.54) is 24.0 Å². The molecule has 1 aromatic rings. The number of unbranched alkanes of at least 4 members (excludes halogenated alkanes) is 1. The number of nitrogens with zero attached hydrogens (tertiary/aromatic N) is 2. The second-order valence-electron chi connectivity index (χ2n) is 7.95. The molecule has 1 aromatic carbocycles. The van der Waals surface area contributed by atoms with Crippen LogP contribution in [0, 0.1) is 0 Å². The van der Waals surface area contributed by atoms with Gasteiger partial charge in [0.05, 0.1) is 11.0 Å². The molecule has 1 heterocycles. The number of hydrogen-bond donors (Lipinski definition) is 0. The molecule has 0 saturated heterocycles. The molecule has 3 heteroatoms. The molecule has 0 unspecified atom stereocenters. The fourth-order valence-electron chi connectivity index (χ4n) is 3.89. The van der Waals surface area contributed by atoms with E-state index >= 15 is 0 Å². The highest BCUT2D eigenvalue weighted by Crippen LogP contribution is 2.41. The topological polar surface area (TPSA) is 24.8 Å². The molecule has 0 bridgehead atoms. The van der Waals surface area contributed by atoms with Crippen LogP contribution in [0.25, 0.3) is 6.08 Å². The SMILES string of the molecule is CCCCN(C)[C@H]1C=Cc2ccccc2[C@@]1(C)C1=NC(C)(C)CO1. The predicted molar refractivity (Wildman–Crippen MR) is 102 cm³/mol. The summed E-state index contributed by atoms with van der Waals surface area (Å²) >= 11 is 0. The van der Waals surface area contributed by atoms with Crippen LogP contribution < -0.4 is 0 Å². The van der Waals surface area contributed by atoms with Crippen molar-refractivity contribution in [1.29, 1.82) is 0 Å². The molecule has 24 heavy (non-hydrogen) atoms. The Morgan fingerprint density at radius 2 is 2.00 bits per heavy atom. The van der Waals surface area contributed by atoms with E-state index in [1.54, 1.807) is 0 Å². The minimum Gasteiger partial charge on any atom is -0.478 e. The first-order valence-corrected chi connectivity index (χ1v) is 9.09. The third-order valence-corrected chi connectivity index (χ3v) is 5.32. The van der Waals surface area contributed by atoms with Crippen molar-refractivity contribution in [2.24, 2.45) is 4.99 Å². The highest BCUT2D eigenvalue weighted by Gasteiger charge is 2.48. The predicted octanol–water partition coefficient (Wildman–Crippen LogP) is 4.28. The van der Waals surface area contributed by atoms with E-state index in [4.69, 9.17) is 9.73 Å². The van der Waals surface area contributed by atoms with E-state index in [2.05, 4.69) is 76.1 Å². The Bertz CT molecular complexity index is 662. The maximum absolute atomic E-state index is 6.14. The van der Waals surface area contributed by atoms with Crippen LogP contribution in [0.15, 0.2) is 35.3 Å². The first-order chi connectivity index (χ1) is 11.4. The van der Waals surface area contributed by atoms with Gasteiger partial charge in [0.1, 0.15) is 6.61 Å². The summed E-state index contributed by atoms with van der Waals surface area (Å²) in [5.74, 6) is 0.887. The summed E-state index contributed by atoms with van der Waals surface area (Å²) < 4.78 is 6.14. The van der Waals surface area contributed by atoms with E-state index in [-0.39, 0.29) is 17.0 Å². The molecule has 0 radical (unpaired) electrons. The lowest BCUT2D eigenvalue weighted by atomic mass is 9.70. The van der Waals surface area contributed by atoms with Crippen LogP contribution in [0.3, 0.4) is 0 Å². The summed E-state index contributed by atoms with van der Waals surface area (Å²) in [4.78, 5) is 7.41. The zero-order chi connectivity index (χ0) is 17.4. The molecule has 3 rings (SSSR count). The Morgan fingerprint density at radius 3 is 2.67 bits per heavy atom. The Kier molecular flexibility index (Phi) is 4.56. The van der Waals surface area contributed by atoms with Gasteiger partial charge in [-0.25, -0.2) is 4.99 Å². The first kappa shape index (κ1) is 17.2. The Morgan fingerprint density at radius 1 is 1.25 bits per heavy atom. The Labute approximate surface area is 146 Å². The number of rotatable bonds is 5. The van der Waals surface area contributed by atoms with Crippen LogP contribution in [0.2, 0.25) is 0 Å². The molecule has 0 spiro atoms. The van der Waals surface area contributed by atoms with E-state index < -0.39 is 0 Å². The summed E-state index contributed by atoms with van der Waals surface area (Å²) in [7, 11) is 2.22. The van der Waals surface area contributed by atoms with Crippen LogP contribution in [0.1, 0.15) is 51.7 Å². The lowest BCUT2D eigenvalue weighted by Gasteiger charge is -2.43. The van der Waals surface area contributed by atoms with E-state index in [0.717, 1.165) is 12.4 Å². The van der Waals surface area contributed by atoms with Gasteiger partial charge in [-0.15, -0.1) is 0 Å². The third kappa shape index (κ3) is 2.90. The minimum absolute atomic E-state index is 0.138. The van der Waals surface area contributed by atoms with Crippen molar-refractivity contribution < 1.29 is 4.74 Å². The Hall–Kier alpha value is -1.61. The van der Waals surface area contributed by atoms with E-state index in [9.17, 15) is 0 Å². The maximum atomic E-state index is 6.14. The molecule has 0 amide bonds. The summed E-state index contributed by atoms with van der Waals surface area (Å²) in [6.07, 6.45) is 7.00. The minimum atomic E-state index is -0.248. The van der Waals surface area contributed by atoms with Crippen molar-refractivity contribution in [3.63, 3.8) is 0 Å². The summed E-state index contributed by atoms with van der Waals surface area (Å²) in [6, 6.07) is 8.90. The quantitative estimate of drug-likeness (QED) is 0.807. The molecular weight excluding hydrogens is 296 g/mol. The number of fused-ring (bicyclic) bond motifs is 1. The zero-order valence-corrected chi connectivity index (χ0v) is 15.7. The molecule has 130 valence electrons. The summed E-state index contributed by atoms with van der Waals surface area (Å²) in [5.41, 5.74) is 2.20. The molecule has 1 aliphatic heterocycles. The van der Waals surface area contributed by atoms with Gasteiger partial charge in [-0.05, 0) is 51.9 Å². The summed E-state index contributed by atoms with van der Waals surface area (Å²) in [6.45, 7) is 10.6. The van der Waals surface area contributed by atoms with Gasteiger partial charge in [0.15, 0.2) is 5.90 Å². The van der Waals surface area contributed by atoms with Gasteiger partial charge in [-0.2, -0.15) is 0 Å². The van der Waals surface area contributed by atoms with Gasteiger partial charge >= 0.3 is 0 Å². The van der Waals surface area contributed by atoms with Crippen molar-refractivity contribution in [1.82, 2.24) is 4.90 Å². The molecule has 3 nitrogen and oxygen atoms in total. The molecule has 1 aliphatic carbocycles. The highest BCUT2D eigenvalue weighted by atomic mass is 16.5.